The number of nitriles is 1. The standard InChI is InChI=1S/C18H15IN2O2/c1-18(2)15-8-13(3-4-16(15)21-17(22)23-18)14-6-11(9-19)5-12(7-14)10-20/h3-8H,9H2,1-2H3,(H,21,22). The number of benzene rings is 2. The third kappa shape index (κ3) is 3.04. The van der Waals surface area contributed by atoms with Crippen LogP contribution in [0.1, 0.15) is 30.5 Å². The maximum Gasteiger partial charge on any atom is 0.412 e. The Kier molecular flexibility index (Phi) is 4.02. The topological polar surface area (TPSA) is 62.1 Å². The van der Waals surface area contributed by atoms with Crippen molar-refractivity contribution in [3.05, 3.63) is 53.1 Å². The second kappa shape index (κ2) is 5.85. The van der Waals surface area contributed by atoms with E-state index in [9.17, 15) is 10.1 Å². The average Bonchev–Trinajstić information content (AvgIpc) is 2.53. The zero-order valence-corrected chi connectivity index (χ0v) is 15.0. The Morgan fingerprint density at radius 1 is 1.22 bits per heavy atom. The van der Waals surface area contributed by atoms with Gasteiger partial charge in [0, 0.05) is 9.99 Å². The van der Waals surface area contributed by atoms with Gasteiger partial charge in [-0.15, -0.1) is 0 Å². The van der Waals surface area contributed by atoms with Crippen LogP contribution in [-0.2, 0) is 14.8 Å². The lowest BCUT2D eigenvalue weighted by atomic mass is 9.90. The van der Waals surface area contributed by atoms with Crippen molar-refractivity contribution < 1.29 is 9.53 Å². The molecule has 1 N–H and O–H groups in total. The molecule has 0 aromatic heterocycles. The molecule has 23 heavy (non-hydrogen) atoms. The lowest BCUT2D eigenvalue weighted by Gasteiger charge is -2.32. The van der Waals surface area contributed by atoms with Crippen molar-refractivity contribution in [2.24, 2.45) is 0 Å². The molecule has 0 fully saturated rings. The summed E-state index contributed by atoms with van der Waals surface area (Å²) < 4.78 is 6.22. The van der Waals surface area contributed by atoms with E-state index in [0.717, 1.165) is 32.4 Å². The number of nitrogens with one attached hydrogen (secondary N) is 1. The van der Waals surface area contributed by atoms with Gasteiger partial charge in [-0.1, -0.05) is 34.7 Å². The number of rotatable bonds is 2. The molecule has 3 rings (SSSR count). The van der Waals surface area contributed by atoms with Gasteiger partial charge in [0.05, 0.1) is 17.3 Å². The first kappa shape index (κ1) is 15.8. The van der Waals surface area contributed by atoms with Crippen molar-refractivity contribution in [3.8, 4) is 17.2 Å². The van der Waals surface area contributed by atoms with E-state index >= 15 is 0 Å². The zero-order chi connectivity index (χ0) is 16.6. The summed E-state index contributed by atoms with van der Waals surface area (Å²) in [6.45, 7) is 3.74. The van der Waals surface area contributed by atoms with E-state index in [4.69, 9.17) is 4.74 Å². The van der Waals surface area contributed by atoms with Crippen molar-refractivity contribution in [2.75, 3.05) is 5.32 Å². The molecule has 0 aliphatic carbocycles. The summed E-state index contributed by atoms with van der Waals surface area (Å²) >= 11 is 2.29. The Balaban J connectivity index is 2.13. The number of carbonyl (C=O) groups is 1. The van der Waals surface area contributed by atoms with Crippen molar-refractivity contribution in [1.29, 1.82) is 5.26 Å². The number of amides is 1. The second-order valence-electron chi connectivity index (χ2n) is 5.95. The predicted octanol–water partition coefficient (Wildman–Crippen LogP) is 4.96. The molecule has 116 valence electrons. The van der Waals surface area contributed by atoms with Crippen LogP contribution in [-0.4, -0.2) is 6.09 Å². The molecule has 0 saturated heterocycles. The van der Waals surface area contributed by atoms with E-state index in [1.165, 1.54) is 0 Å². The van der Waals surface area contributed by atoms with Gasteiger partial charge in [-0.25, -0.2) is 4.79 Å². The minimum absolute atomic E-state index is 0.436. The Hall–Kier alpha value is -2.07. The molecule has 0 saturated carbocycles. The number of nitrogens with zero attached hydrogens (tertiary/aromatic N) is 1. The minimum Gasteiger partial charge on any atom is -0.438 e. The number of hydrogen-bond donors (Lipinski definition) is 1. The summed E-state index contributed by atoms with van der Waals surface area (Å²) in [7, 11) is 0. The number of carbonyl (C=O) groups excluding carboxylic acids is 1. The number of cyclic esters (lactones) is 1. The highest BCUT2D eigenvalue weighted by Crippen LogP contribution is 2.38. The van der Waals surface area contributed by atoms with Crippen LogP contribution in [0.5, 0.6) is 0 Å². The molecule has 0 bridgehead atoms. The van der Waals surface area contributed by atoms with Crippen LogP contribution in [0.25, 0.3) is 11.1 Å². The third-order valence-corrected chi connectivity index (χ3v) is 4.74. The second-order valence-corrected chi connectivity index (χ2v) is 6.71. The number of ether oxygens (including phenoxy) is 1. The summed E-state index contributed by atoms with van der Waals surface area (Å²) in [5.41, 5.74) is 4.75. The van der Waals surface area contributed by atoms with Crippen molar-refractivity contribution in [3.63, 3.8) is 0 Å². The molecular weight excluding hydrogens is 403 g/mol. The summed E-state index contributed by atoms with van der Waals surface area (Å²) in [4.78, 5) is 11.6. The monoisotopic (exact) mass is 418 g/mol. The highest BCUT2D eigenvalue weighted by Gasteiger charge is 2.33. The molecule has 0 atom stereocenters. The van der Waals surface area contributed by atoms with E-state index in [1.54, 1.807) is 0 Å². The van der Waals surface area contributed by atoms with Crippen molar-refractivity contribution >= 4 is 34.4 Å². The average molecular weight is 418 g/mol. The lowest BCUT2D eigenvalue weighted by molar-refractivity contribution is 0.0421. The van der Waals surface area contributed by atoms with Crippen LogP contribution in [0.4, 0.5) is 10.5 Å². The third-order valence-electron chi connectivity index (χ3n) is 3.86. The first-order valence-corrected chi connectivity index (χ1v) is 8.70. The molecular formula is C18H15IN2O2. The molecule has 0 radical (unpaired) electrons. The molecule has 1 heterocycles. The zero-order valence-electron chi connectivity index (χ0n) is 12.8. The highest BCUT2D eigenvalue weighted by atomic mass is 127. The fraction of sp³-hybridized carbons (Fsp3) is 0.222. The maximum absolute atomic E-state index is 11.6. The van der Waals surface area contributed by atoms with Crippen molar-refractivity contribution in [2.45, 2.75) is 23.9 Å². The molecule has 1 aliphatic heterocycles. The van der Waals surface area contributed by atoms with Gasteiger partial charge in [-0.05, 0) is 54.8 Å². The quantitative estimate of drug-likeness (QED) is 0.554. The largest absolute Gasteiger partial charge is 0.438 e. The SMILES string of the molecule is CC1(C)OC(=O)Nc2ccc(-c3cc(C#N)cc(CI)c3)cc21. The van der Waals surface area contributed by atoms with Gasteiger partial charge in [-0.3, -0.25) is 5.32 Å². The van der Waals surface area contributed by atoms with E-state index in [0.29, 0.717) is 5.56 Å². The molecule has 0 spiro atoms. The fourth-order valence-electron chi connectivity index (χ4n) is 2.75. The van der Waals surface area contributed by atoms with Gasteiger partial charge in [0.25, 0.3) is 0 Å². The fourth-order valence-corrected chi connectivity index (χ4v) is 3.19. The Morgan fingerprint density at radius 3 is 2.70 bits per heavy atom. The Labute approximate surface area is 148 Å². The number of halogens is 1. The maximum atomic E-state index is 11.6. The first-order chi connectivity index (χ1) is 10.9. The summed E-state index contributed by atoms with van der Waals surface area (Å²) in [6.07, 6.45) is -0.436. The smallest absolute Gasteiger partial charge is 0.412 e. The van der Waals surface area contributed by atoms with Crippen LogP contribution in [0.2, 0.25) is 0 Å². The Morgan fingerprint density at radius 2 is 2.00 bits per heavy atom. The van der Waals surface area contributed by atoms with E-state index in [-0.39, 0.29) is 0 Å². The molecule has 5 heteroatoms. The van der Waals surface area contributed by atoms with Crippen LogP contribution in [0.15, 0.2) is 36.4 Å². The summed E-state index contributed by atoms with van der Waals surface area (Å²) in [6, 6.07) is 13.9. The normalized spacial score (nSPS) is 15.1. The van der Waals surface area contributed by atoms with Crippen LogP contribution in [0.3, 0.4) is 0 Å². The van der Waals surface area contributed by atoms with Gasteiger partial charge in [0.15, 0.2) is 0 Å². The molecule has 4 nitrogen and oxygen atoms in total. The number of alkyl halides is 1. The Bertz CT molecular complexity index is 837. The number of anilines is 1. The summed E-state index contributed by atoms with van der Waals surface area (Å²) in [5.74, 6) is 0. The minimum atomic E-state index is -0.688. The highest BCUT2D eigenvalue weighted by molar-refractivity contribution is 14.1. The van der Waals surface area contributed by atoms with Crippen LogP contribution < -0.4 is 5.32 Å². The van der Waals surface area contributed by atoms with Gasteiger partial charge in [-0.2, -0.15) is 5.26 Å². The summed E-state index contributed by atoms with van der Waals surface area (Å²) in [5, 5.41) is 11.9. The van der Waals surface area contributed by atoms with E-state index < -0.39 is 11.7 Å². The molecule has 0 unspecified atom stereocenters. The van der Waals surface area contributed by atoms with Gasteiger partial charge in [0.2, 0.25) is 0 Å². The first-order valence-electron chi connectivity index (χ1n) is 7.18. The number of hydrogen-bond acceptors (Lipinski definition) is 3. The predicted molar refractivity (Wildman–Crippen MR) is 97.4 cm³/mol. The number of fused-ring (bicyclic) bond motifs is 1. The molecule has 1 amide bonds. The van der Waals surface area contributed by atoms with Crippen LogP contribution >= 0.6 is 22.6 Å². The van der Waals surface area contributed by atoms with Crippen molar-refractivity contribution in [1.82, 2.24) is 0 Å². The molecule has 2 aromatic rings. The molecule has 2 aromatic carbocycles. The van der Waals surface area contributed by atoms with E-state index in [2.05, 4.69) is 40.0 Å². The lowest BCUT2D eigenvalue weighted by Crippen LogP contribution is -2.34. The van der Waals surface area contributed by atoms with Gasteiger partial charge in [0.1, 0.15) is 5.60 Å². The van der Waals surface area contributed by atoms with Crippen LogP contribution in [0, 0.1) is 11.3 Å². The van der Waals surface area contributed by atoms with Gasteiger partial charge >= 0.3 is 6.09 Å². The van der Waals surface area contributed by atoms with Gasteiger partial charge < -0.3 is 4.74 Å². The van der Waals surface area contributed by atoms with E-state index in [1.807, 2.05) is 44.2 Å². The molecule has 1 aliphatic rings.